The molecule has 264 valence electrons. The molecule has 0 aliphatic heterocycles. The van der Waals surface area contributed by atoms with Crippen LogP contribution in [0.4, 0.5) is 0 Å². The van der Waals surface area contributed by atoms with Gasteiger partial charge in [0.25, 0.3) is 0 Å². The molecule has 6 rings (SSSR count). The van der Waals surface area contributed by atoms with E-state index in [9.17, 15) is 9.59 Å². The molecule has 1 atom stereocenters. The van der Waals surface area contributed by atoms with Crippen molar-refractivity contribution in [3.8, 4) is 11.5 Å². The molecule has 4 aromatic heterocycles. The van der Waals surface area contributed by atoms with Crippen LogP contribution in [-0.2, 0) is 4.74 Å². The first-order valence-electron chi connectivity index (χ1n) is 16.9. The Bertz CT molecular complexity index is 2420. The predicted octanol–water partition coefficient (Wildman–Crippen LogP) is 10.2. The van der Waals surface area contributed by atoms with Gasteiger partial charge in [-0.3, -0.25) is 0 Å². The Morgan fingerprint density at radius 3 is 1.75 bits per heavy atom. The van der Waals surface area contributed by atoms with Crippen molar-refractivity contribution >= 4 is 43.9 Å². The molecule has 1 unspecified atom stereocenters. The number of allylic oxidation sites excluding steroid dienone is 3. The molecule has 0 bridgehead atoms. The molecule has 6 aromatic rings. The first kappa shape index (κ1) is 35.3. The third kappa shape index (κ3) is 8.61. The third-order valence-corrected chi connectivity index (χ3v) is 8.39. The Balaban J connectivity index is 1.06. The van der Waals surface area contributed by atoms with Gasteiger partial charge < -0.3 is 31.9 Å². The fourth-order valence-electron chi connectivity index (χ4n) is 6.01. The lowest BCUT2D eigenvalue weighted by molar-refractivity contribution is -0.0177. The Morgan fingerprint density at radius 2 is 1.22 bits per heavy atom. The number of fused-ring (bicyclic) bond motifs is 4. The average molecular weight is 691 g/mol. The lowest BCUT2D eigenvalue weighted by Crippen LogP contribution is -2.28. The second-order valence-corrected chi connectivity index (χ2v) is 13.4. The second kappa shape index (κ2) is 15.1. The molecule has 0 amide bonds. The maximum atomic E-state index is 11.8. The van der Waals surface area contributed by atoms with Gasteiger partial charge in [0, 0.05) is 24.3 Å². The van der Waals surface area contributed by atoms with E-state index in [2.05, 4.69) is 59.8 Å². The molecule has 0 spiro atoms. The molecule has 0 saturated carbocycles. The van der Waals surface area contributed by atoms with E-state index in [1.54, 1.807) is 36.8 Å². The smallest absolute Gasteiger partial charge is 0.336 e. The van der Waals surface area contributed by atoms with Gasteiger partial charge in [-0.05, 0) is 90.8 Å². The molecule has 0 radical (unpaired) electrons. The molecular formula is C42H42O9. The third-order valence-electron chi connectivity index (χ3n) is 8.39. The molecule has 9 nitrogen and oxygen atoms in total. The molecule has 9 heteroatoms. The van der Waals surface area contributed by atoms with Crippen LogP contribution < -0.4 is 20.7 Å². The maximum absolute atomic E-state index is 11.8. The molecule has 51 heavy (non-hydrogen) atoms. The van der Waals surface area contributed by atoms with Crippen LogP contribution in [0.1, 0.15) is 54.4 Å². The van der Waals surface area contributed by atoms with E-state index < -0.39 is 16.9 Å². The Morgan fingerprint density at radius 1 is 0.706 bits per heavy atom. The van der Waals surface area contributed by atoms with Gasteiger partial charge in [0.05, 0.1) is 45.8 Å². The normalized spacial score (nSPS) is 13.5. The largest absolute Gasteiger partial charge is 0.488 e. The lowest BCUT2D eigenvalue weighted by Gasteiger charge is -2.27. The van der Waals surface area contributed by atoms with Gasteiger partial charge in [0.15, 0.2) is 0 Å². The number of ether oxygens (including phenoxy) is 3. The van der Waals surface area contributed by atoms with Crippen LogP contribution in [0.5, 0.6) is 11.5 Å². The van der Waals surface area contributed by atoms with Gasteiger partial charge in [-0.25, -0.2) is 9.59 Å². The van der Waals surface area contributed by atoms with E-state index in [1.165, 1.54) is 17.7 Å². The van der Waals surface area contributed by atoms with Gasteiger partial charge in [-0.15, -0.1) is 0 Å². The highest BCUT2D eigenvalue weighted by molar-refractivity contribution is 6.02. The van der Waals surface area contributed by atoms with Crippen molar-refractivity contribution in [1.82, 2.24) is 0 Å². The minimum atomic E-state index is -0.524. The number of rotatable bonds is 14. The summed E-state index contributed by atoms with van der Waals surface area (Å²) in [6.45, 7) is 13.1. The second-order valence-electron chi connectivity index (χ2n) is 13.4. The van der Waals surface area contributed by atoms with Crippen molar-refractivity contribution in [1.29, 1.82) is 0 Å². The van der Waals surface area contributed by atoms with E-state index in [4.69, 9.17) is 31.9 Å². The van der Waals surface area contributed by atoms with Crippen LogP contribution in [0.15, 0.2) is 135 Å². The summed E-state index contributed by atoms with van der Waals surface area (Å²) in [4.78, 5) is 23.6. The SMILES string of the molecule is CC(C)=CC(CC(C)=CCOc1c2ccoc2cc2oc(=O)ccc12)OC(C)(C)C=CCC(C)=CCOc1c2ccoc2cc2oc(=O)ccc12. The van der Waals surface area contributed by atoms with Crippen molar-refractivity contribution < 1.29 is 31.9 Å². The van der Waals surface area contributed by atoms with Crippen molar-refractivity contribution in [2.24, 2.45) is 0 Å². The number of furan rings is 2. The highest BCUT2D eigenvalue weighted by atomic mass is 16.5. The van der Waals surface area contributed by atoms with E-state index in [1.807, 2.05) is 24.3 Å². The van der Waals surface area contributed by atoms with E-state index in [0.717, 1.165) is 28.3 Å². The van der Waals surface area contributed by atoms with Crippen molar-refractivity contribution in [2.45, 2.75) is 66.1 Å². The Hall–Kier alpha value is -5.54. The zero-order chi connectivity index (χ0) is 36.1. The molecule has 0 N–H and O–H groups in total. The van der Waals surface area contributed by atoms with Gasteiger partial charge in [0.2, 0.25) is 0 Å². The predicted molar refractivity (Wildman–Crippen MR) is 200 cm³/mol. The molecule has 0 fully saturated rings. The fraction of sp³-hybridized carbons (Fsp3) is 0.286. The summed E-state index contributed by atoms with van der Waals surface area (Å²) in [7, 11) is 0. The van der Waals surface area contributed by atoms with Crippen molar-refractivity contribution in [2.75, 3.05) is 13.2 Å². The highest BCUT2D eigenvalue weighted by Gasteiger charge is 2.20. The van der Waals surface area contributed by atoms with E-state index in [-0.39, 0.29) is 6.10 Å². The molecule has 0 saturated heterocycles. The van der Waals surface area contributed by atoms with Crippen LogP contribution in [0, 0.1) is 0 Å². The molecule has 4 heterocycles. The summed E-state index contributed by atoms with van der Waals surface area (Å²) in [5.74, 6) is 1.23. The standard InChI is InChI=1S/C42H42O9/c1-26(2)22-29(23-28(4)14-19-48-41-31-10-12-39(44)50-37(31)25-35-33(41)16-21-46-35)51-42(5,6)17-7-8-27(3)13-18-47-40-30-9-11-38(43)49-36(30)24-34-32(40)15-20-45-34/h7,9-17,20-22,24-25,29H,8,18-19,23H2,1-6H3. The van der Waals surface area contributed by atoms with Crippen LogP contribution in [0.2, 0.25) is 0 Å². The molecule has 0 aliphatic rings. The molecule has 2 aromatic carbocycles. The van der Waals surface area contributed by atoms with Crippen LogP contribution in [-0.4, -0.2) is 24.9 Å². The van der Waals surface area contributed by atoms with Crippen LogP contribution >= 0.6 is 0 Å². The van der Waals surface area contributed by atoms with Crippen molar-refractivity contribution in [3.05, 3.63) is 129 Å². The fourth-order valence-corrected chi connectivity index (χ4v) is 6.01. The van der Waals surface area contributed by atoms with Crippen LogP contribution in [0.3, 0.4) is 0 Å². The summed E-state index contributed by atoms with van der Waals surface area (Å²) in [6.07, 6.45) is 14.9. The van der Waals surface area contributed by atoms with E-state index >= 15 is 0 Å². The first-order valence-corrected chi connectivity index (χ1v) is 16.9. The average Bonchev–Trinajstić information content (AvgIpc) is 3.73. The summed E-state index contributed by atoms with van der Waals surface area (Å²) >= 11 is 0. The molecule has 0 aliphatic carbocycles. The van der Waals surface area contributed by atoms with Crippen molar-refractivity contribution in [3.63, 3.8) is 0 Å². The number of benzene rings is 2. The van der Waals surface area contributed by atoms with Gasteiger partial charge >= 0.3 is 11.3 Å². The van der Waals surface area contributed by atoms with Gasteiger partial charge in [0.1, 0.15) is 47.0 Å². The summed E-state index contributed by atoms with van der Waals surface area (Å²) in [5.41, 5.74) is 4.07. The topological polar surface area (TPSA) is 114 Å². The number of hydrogen-bond donors (Lipinski definition) is 0. The molecular weight excluding hydrogens is 648 g/mol. The minimum Gasteiger partial charge on any atom is -0.488 e. The lowest BCUT2D eigenvalue weighted by atomic mass is 10.0. The Kier molecular flexibility index (Phi) is 10.5. The van der Waals surface area contributed by atoms with Gasteiger partial charge in [-0.1, -0.05) is 34.9 Å². The summed E-state index contributed by atoms with van der Waals surface area (Å²) < 4.78 is 40.9. The first-order chi connectivity index (χ1) is 24.5. The zero-order valence-electron chi connectivity index (χ0n) is 29.7. The summed E-state index contributed by atoms with van der Waals surface area (Å²) in [5, 5.41) is 3.06. The zero-order valence-corrected chi connectivity index (χ0v) is 29.7. The van der Waals surface area contributed by atoms with Crippen LogP contribution in [0.25, 0.3) is 43.9 Å². The quantitative estimate of drug-likeness (QED) is 0.0813. The summed E-state index contributed by atoms with van der Waals surface area (Å²) in [6, 6.07) is 13.3. The van der Waals surface area contributed by atoms with E-state index in [0.29, 0.717) is 64.2 Å². The maximum Gasteiger partial charge on any atom is 0.336 e. The monoisotopic (exact) mass is 690 g/mol. The highest BCUT2D eigenvalue weighted by Crippen LogP contribution is 2.36. The van der Waals surface area contributed by atoms with Gasteiger partial charge in [-0.2, -0.15) is 0 Å². The minimum absolute atomic E-state index is 0.145. The Labute approximate surface area is 295 Å². The number of hydrogen-bond acceptors (Lipinski definition) is 9.